The number of rotatable bonds is 4. The maximum atomic E-state index is 11.1. The van der Waals surface area contributed by atoms with E-state index in [0.717, 1.165) is 17.0 Å². The number of hydrogen-bond acceptors (Lipinski definition) is 5. The molecular weight excluding hydrogens is 318 g/mol. The summed E-state index contributed by atoms with van der Waals surface area (Å²) in [6.07, 6.45) is 10.1. The van der Waals surface area contributed by atoms with E-state index in [2.05, 4.69) is 4.99 Å². The third kappa shape index (κ3) is 3.70. The number of carboxylic acids is 1. The minimum absolute atomic E-state index is 0.205. The zero-order chi connectivity index (χ0) is 17.8. The fourth-order valence-electron chi connectivity index (χ4n) is 2.60. The second kappa shape index (κ2) is 7.19. The minimum Gasteiger partial charge on any atom is -0.478 e. The Morgan fingerprint density at radius 2 is 2.24 bits per heavy atom. The Balaban J connectivity index is 1.80. The molecule has 1 aromatic rings. The smallest absolute Gasteiger partial charge is 0.335 e. The van der Waals surface area contributed by atoms with Crippen molar-refractivity contribution >= 4 is 11.9 Å². The number of hydrazine groups is 1. The minimum atomic E-state index is -0.977. The highest BCUT2D eigenvalue weighted by molar-refractivity contribution is 5.98. The summed E-state index contributed by atoms with van der Waals surface area (Å²) in [5.74, 6) is 6.22. The number of hydrogen-bond donors (Lipinski definition) is 2. The van der Waals surface area contributed by atoms with Crippen molar-refractivity contribution in [2.24, 2.45) is 10.8 Å². The molecule has 0 fully saturated rings. The molecule has 0 atom stereocenters. The van der Waals surface area contributed by atoms with Crippen molar-refractivity contribution in [2.45, 2.75) is 13.3 Å². The lowest BCUT2D eigenvalue weighted by molar-refractivity contribution is 0.0697. The summed E-state index contributed by atoms with van der Waals surface area (Å²) in [4.78, 5) is 15.6. The first-order chi connectivity index (χ1) is 12.1. The van der Waals surface area contributed by atoms with Gasteiger partial charge in [0.1, 0.15) is 5.76 Å². The van der Waals surface area contributed by atoms with Gasteiger partial charge in [0, 0.05) is 23.8 Å². The van der Waals surface area contributed by atoms with E-state index >= 15 is 0 Å². The fraction of sp³-hybridized carbons (Fsp3) is 0.158. The number of aromatic carboxylic acids is 1. The third-order valence-corrected chi connectivity index (χ3v) is 3.89. The van der Waals surface area contributed by atoms with Gasteiger partial charge in [0.15, 0.2) is 0 Å². The van der Waals surface area contributed by atoms with Gasteiger partial charge in [-0.05, 0) is 31.2 Å². The molecule has 2 aliphatic rings. The highest BCUT2D eigenvalue weighted by Gasteiger charge is 2.19. The van der Waals surface area contributed by atoms with Gasteiger partial charge in [0.05, 0.1) is 17.8 Å². The molecule has 6 heteroatoms. The van der Waals surface area contributed by atoms with Gasteiger partial charge in [-0.1, -0.05) is 24.3 Å². The fourth-order valence-corrected chi connectivity index (χ4v) is 2.60. The molecule has 0 bridgehead atoms. The van der Waals surface area contributed by atoms with E-state index in [0.29, 0.717) is 24.4 Å². The average Bonchev–Trinajstić information content (AvgIpc) is 2.84. The van der Waals surface area contributed by atoms with Crippen LogP contribution in [0.1, 0.15) is 29.3 Å². The number of carboxylic acid groups (broad SMARTS) is 1. The number of nitrogens with zero attached hydrogens (tertiary/aromatic N) is 2. The Morgan fingerprint density at radius 1 is 1.40 bits per heavy atom. The van der Waals surface area contributed by atoms with Crippen LogP contribution in [0.2, 0.25) is 0 Å². The molecule has 0 aromatic heterocycles. The largest absolute Gasteiger partial charge is 0.478 e. The molecule has 1 aliphatic carbocycles. The van der Waals surface area contributed by atoms with Crippen molar-refractivity contribution in [1.29, 1.82) is 0 Å². The van der Waals surface area contributed by atoms with Gasteiger partial charge < -0.3 is 9.84 Å². The molecule has 0 unspecified atom stereocenters. The lowest BCUT2D eigenvalue weighted by atomic mass is 10.1. The molecule has 1 heterocycles. The van der Waals surface area contributed by atoms with Crippen molar-refractivity contribution in [3.8, 4) is 0 Å². The SMILES string of the molecule is C/C=C\N(N)C1=CCC2=C(C=C1)CN=C(c1cccc(C(=O)O)c1)O2. The van der Waals surface area contributed by atoms with Crippen LogP contribution in [0.4, 0.5) is 0 Å². The predicted octanol–water partition coefficient (Wildman–Crippen LogP) is 2.97. The molecule has 6 nitrogen and oxygen atoms in total. The number of benzene rings is 1. The summed E-state index contributed by atoms with van der Waals surface area (Å²) in [5.41, 5.74) is 2.71. The number of ether oxygens (including phenoxy) is 1. The van der Waals surface area contributed by atoms with E-state index in [1.165, 1.54) is 0 Å². The van der Waals surface area contributed by atoms with E-state index < -0.39 is 5.97 Å². The summed E-state index contributed by atoms with van der Waals surface area (Å²) in [6, 6.07) is 6.58. The summed E-state index contributed by atoms with van der Waals surface area (Å²) in [7, 11) is 0. The van der Waals surface area contributed by atoms with E-state index in [-0.39, 0.29) is 5.56 Å². The van der Waals surface area contributed by atoms with Gasteiger partial charge in [0.2, 0.25) is 5.90 Å². The van der Waals surface area contributed by atoms with Crippen molar-refractivity contribution in [3.63, 3.8) is 0 Å². The molecular formula is C19H19N3O3. The molecule has 128 valence electrons. The lowest BCUT2D eigenvalue weighted by Crippen LogP contribution is -2.23. The number of carbonyl (C=O) groups is 1. The first-order valence-corrected chi connectivity index (χ1v) is 7.91. The van der Waals surface area contributed by atoms with Crippen molar-refractivity contribution in [1.82, 2.24) is 5.01 Å². The Bertz CT molecular complexity index is 847. The molecule has 0 spiro atoms. The first-order valence-electron chi connectivity index (χ1n) is 7.91. The normalized spacial score (nSPS) is 16.7. The highest BCUT2D eigenvalue weighted by Crippen LogP contribution is 2.25. The lowest BCUT2D eigenvalue weighted by Gasteiger charge is -2.18. The molecule has 0 saturated heterocycles. The van der Waals surface area contributed by atoms with E-state index in [9.17, 15) is 4.79 Å². The molecule has 0 amide bonds. The standard InChI is InChI=1S/C19H19N3O3/c1-2-10-22(20)16-7-6-15-12-21-18(25-17(15)9-8-16)13-4-3-5-14(11-13)19(23)24/h2-8,10-11H,9,12,20H2,1H3,(H,23,24)/b10-2-. The monoisotopic (exact) mass is 337 g/mol. The van der Waals surface area contributed by atoms with Crippen LogP contribution in [0.15, 0.2) is 76.8 Å². The molecule has 1 aromatic carbocycles. The van der Waals surface area contributed by atoms with Gasteiger partial charge in [-0.3, -0.25) is 5.01 Å². The van der Waals surface area contributed by atoms with Crippen molar-refractivity contribution in [2.75, 3.05) is 6.54 Å². The van der Waals surface area contributed by atoms with Crippen LogP contribution in [0.3, 0.4) is 0 Å². The van der Waals surface area contributed by atoms with Crippen LogP contribution in [-0.2, 0) is 4.74 Å². The van der Waals surface area contributed by atoms with Crippen LogP contribution in [0.5, 0.6) is 0 Å². The van der Waals surface area contributed by atoms with Crippen molar-refractivity contribution in [3.05, 3.63) is 82.9 Å². The zero-order valence-electron chi connectivity index (χ0n) is 13.8. The predicted molar refractivity (Wildman–Crippen MR) is 95.6 cm³/mol. The van der Waals surface area contributed by atoms with Gasteiger partial charge in [-0.25, -0.2) is 15.6 Å². The van der Waals surface area contributed by atoms with Crippen LogP contribution in [0.25, 0.3) is 0 Å². The van der Waals surface area contributed by atoms with Gasteiger partial charge in [-0.2, -0.15) is 0 Å². The second-order valence-corrected chi connectivity index (χ2v) is 5.61. The van der Waals surface area contributed by atoms with Crippen molar-refractivity contribution < 1.29 is 14.6 Å². The quantitative estimate of drug-likeness (QED) is 0.651. The van der Waals surface area contributed by atoms with E-state index in [4.69, 9.17) is 15.7 Å². The van der Waals surface area contributed by atoms with Crippen LogP contribution < -0.4 is 5.84 Å². The Hall–Kier alpha value is -3.12. The Morgan fingerprint density at radius 3 is 3.00 bits per heavy atom. The van der Waals surface area contributed by atoms with Crippen LogP contribution >= 0.6 is 0 Å². The maximum absolute atomic E-state index is 11.1. The maximum Gasteiger partial charge on any atom is 0.335 e. The molecule has 3 N–H and O–H groups in total. The summed E-state index contributed by atoms with van der Waals surface area (Å²) in [5, 5.41) is 10.7. The van der Waals surface area contributed by atoms with E-state index in [1.807, 2.05) is 31.2 Å². The van der Waals surface area contributed by atoms with Crippen LogP contribution in [0, 0.1) is 0 Å². The van der Waals surface area contributed by atoms with Gasteiger partial charge >= 0.3 is 5.97 Å². The van der Waals surface area contributed by atoms with Gasteiger partial charge in [0.25, 0.3) is 0 Å². The molecule has 1 aliphatic heterocycles. The second-order valence-electron chi connectivity index (χ2n) is 5.61. The molecule has 0 radical (unpaired) electrons. The topological polar surface area (TPSA) is 88.2 Å². The Labute approximate surface area is 145 Å². The Kier molecular flexibility index (Phi) is 4.81. The number of aliphatic imine (C=N–C) groups is 1. The first kappa shape index (κ1) is 16.7. The summed E-state index contributed by atoms with van der Waals surface area (Å²) >= 11 is 0. The third-order valence-electron chi connectivity index (χ3n) is 3.89. The molecule has 0 saturated carbocycles. The highest BCUT2D eigenvalue weighted by atomic mass is 16.5. The van der Waals surface area contributed by atoms with Crippen LogP contribution in [-0.4, -0.2) is 28.5 Å². The zero-order valence-corrected chi connectivity index (χ0v) is 13.8. The van der Waals surface area contributed by atoms with E-state index in [1.54, 1.807) is 35.5 Å². The average molecular weight is 337 g/mol. The number of allylic oxidation sites excluding steroid dienone is 3. The molecule has 3 rings (SSSR count). The summed E-state index contributed by atoms with van der Waals surface area (Å²) in [6.45, 7) is 2.38. The molecule has 25 heavy (non-hydrogen) atoms. The summed E-state index contributed by atoms with van der Waals surface area (Å²) < 4.78 is 5.94. The van der Waals surface area contributed by atoms with Gasteiger partial charge in [-0.15, -0.1) is 0 Å². The number of nitrogens with two attached hydrogens (primary N) is 1.